The molecule has 3 nitrogen and oxygen atoms in total. The Morgan fingerprint density at radius 3 is 1.27 bits per heavy atom. The van der Waals surface area contributed by atoms with Crippen molar-refractivity contribution in [3.63, 3.8) is 0 Å². The summed E-state index contributed by atoms with van der Waals surface area (Å²) in [6.45, 7) is 12.1. The zero-order valence-corrected chi connectivity index (χ0v) is 43.6. The van der Waals surface area contributed by atoms with Crippen molar-refractivity contribution in [2.24, 2.45) is 0 Å². The van der Waals surface area contributed by atoms with Gasteiger partial charge in [-0.15, -0.1) is 0 Å². The molecule has 4 heteroatoms. The molecule has 4 aliphatic rings. The van der Waals surface area contributed by atoms with E-state index in [1.165, 1.54) is 113 Å². The molecule has 14 rings (SSSR count). The molecule has 1 saturated carbocycles. The van der Waals surface area contributed by atoms with Gasteiger partial charge in [0.05, 0.1) is 5.54 Å². The molecule has 0 bridgehead atoms. The van der Waals surface area contributed by atoms with E-state index in [0.29, 0.717) is 0 Å². The Labute approximate surface area is 443 Å². The predicted octanol–water partition coefficient (Wildman–Crippen LogP) is 17.1. The van der Waals surface area contributed by atoms with E-state index in [2.05, 4.69) is 286 Å². The average molecular weight is 966 g/mol. The fourth-order valence-corrected chi connectivity index (χ4v) is 13.6. The minimum atomic E-state index is -0.164. The molecular weight excluding hydrogens is 906 g/mol. The van der Waals surface area contributed by atoms with E-state index in [0.717, 1.165) is 24.2 Å². The quantitative estimate of drug-likeness (QED) is 0.147. The summed E-state index contributed by atoms with van der Waals surface area (Å²) in [7, 11) is 0. The molecule has 2 atom stereocenters. The van der Waals surface area contributed by atoms with Crippen LogP contribution in [0.1, 0.15) is 65.0 Å². The topological polar surface area (TPSA) is 9.72 Å². The lowest BCUT2D eigenvalue weighted by Crippen LogP contribution is -2.61. The summed E-state index contributed by atoms with van der Waals surface area (Å²) in [6.07, 6.45) is 3.45. The van der Waals surface area contributed by atoms with Gasteiger partial charge in [0.1, 0.15) is 0 Å². The van der Waals surface area contributed by atoms with Crippen LogP contribution in [-0.2, 0) is 10.8 Å². The zero-order valence-electron chi connectivity index (χ0n) is 43.6. The van der Waals surface area contributed by atoms with Crippen molar-refractivity contribution in [3.8, 4) is 44.5 Å². The second-order valence-corrected chi connectivity index (χ2v) is 22.9. The molecule has 75 heavy (non-hydrogen) atoms. The molecule has 3 aliphatic heterocycles. The van der Waals surface area contributed by atoms with Crippen molar-refractivity contribution in [2.45, 2.75) is 70.3 Å². The van der Waals surface area contributed by atoms with Gasteiger partial charge in [-0.25, -0.2) is 0 Å². The van der Waals surface area contributed by atoms with Gasteiger partial charge in [-0.1, -0.05) is 216 Å². The van der Waals surface area contributed by atoms with Crippen molar-refractivity contribution in [1.82, 2.24) is 0 Å². The minimum absolute atomic E-state index is 0.0282. The third kappa shape index (κ3) is 7.10. The molecule has 1 aliphatic carbocycles. The van der Waals surface area contributed by atoms with Crippen LogP contribution in [0, 0.1) is 0 Å². The molecule has 10 aromatic carbocycles. The molecule has 2 unspecified atom stereocenters. The number of nitrogens with zero attached hydrogens (tertiary/aromatic N) is 3. The summed E-state index contributed by atoms with van der Waals surface area (Å²) in [4.78, 5) is 8.02. The first kappa shape index (κ1) is 45.3. The van der Waals surface area contributed by atoms with Gasteiger partial charge in [0.15, 0.2) is 0 Å². The average Bonchev–Trinajstić information content (AvgIpc) is 4.08. The van der Waals surface area contributed by atoms with Crippen molar-refractivity contribution in [3.05, 3.63) is 248 Å². The molecule has 0 N–H and O–H groups in total. The highest BCUT2D eigenvalue weighted by Crippen LogP contribution is 2.63. The maximum absolute atomic E-state index is 2.79. The third-order valence-electron chi connectivity index (χ3n) is 17.7. The maximum Gasteiger partial charge on any atom is 0.252 e. The lowest BCUT2D eigenvalue weighted by Gasteiger charge is -2.47. The van der Waals surface area contributed by atoms with Gasteiger partial charge in [0.25, 0.3) is 6.71 Å². The van der Waals surface area contributed by atoms with E-state index in [4.69, 9.17) is 0 Å². The Hall–Kier alpha value is -8.34. The molecule has 0 amide bonds. The van der Waals surface area contributed by atoms with E-state index in [1.54, 1.807) is 0 Å². The van der Waals surface area contributed by atoms with E-state index >= 15 is 0 Å². The Bertz CT molecular complexity index is 3650. The van der Waals surface area contributed by atoms with Gasteiger partial charge in [-0.2, -0.15) is 0 Å². The van der Waals surface area contributed by atoms with E-state index in [9.17, 15) is 0 Å². The van der Waals surface area contributed by atoms with Crippen LogP contribution in [0.2, 0.25) is 0 Å². The number of fused-ring (bicyclic) bond motifs is 7. The summed E-state index contributed by atoms with van der Waals surface area (Å²) in [6, 6.07) is 89.1. The Balaban J connectivity index is 1.10. The van der Waals surface area contributed by atoms with Crippen molar-refractivity contribution in [1.29, 1.82) is 0 Å². The summed E-state index contributed by atoms with van der Waals surface area (Å²) in [5, 5.41) is 0. The van der Waals surface area contributed by atoms with Crippen molar-refractivity contribution < 1.29 is 0 Å². The van der Waals surface area contributed by atoms with Crippen LogP contribution in [0.15, 0.2) is 237 Å². The molecule has 362 valence electrons. The maximum atomic E-state index is 2.79. The largest absolute Gasteiger partial charge is 0.334 e. The molecule has 0 radical (unpaired) electrons. The highest BCUT2D eigenvalue weighted by Gasteiger charge is 2.60. The second kappa shape index (κ2) is 17.1. The van der Waals surface area contributed by atoms with E-state index in [1.807, 2.05) is 0 Å². The van der Waals surface area contributed by atoms with Crippen LogP contribution in [0.3, 0.4) is 0 Å². The van der Waals surface area contributed by atoms with Crippen LogP contribution in [0.4, 0.5) is 45.5 Å². The van der Waals surface area contributed by atoms with Gasteiger partial charge in [-0.05, 0) is 152 Å². The summed E-state index contributed by atoms with van der Waals surface area (Å²) >= 11 is 0. The Kier molecular flexibility index (Phi) is 10.3. The number of rotatable bonds is 7. The summed E-state index contributed by atoms with van der Waals surface area (Å²) < 4.78 is 0. The smallest absolute Gasteiger partial charge is 0.252 e. The lowest BCUT2D eigenvalue weighted by atomic mass is 9.33. The first-order valence-electron chi connectivity index (χ1n) is 27.0. The highest BCUT2D eigenvalue weighted by molar-refractivity contribution is 7.00. The lowest BCUT2D eigenvalue weighted by molar-refractivity contribution is 0.330. The molecule has 1 fully saturated rings. The fraction of sp³-hybridized carbons (Fsp3) is 0.155. The zero-order chi connectivity index (χ0) is 50.6. The molecule has 10 aromatic rings. The second-order valence-electron chi connectivity index (χ2n) is 22.9. The number of hydrogen-bond acceptors (Lipinski definition) is 3. The van der Waals surface area contributed by atoms with Crippen molar-refractivity contribution >= 4 is 68.6 Å². The van der Waals surface area contributed by atoms with Gasteiger partial charge >= 0.3 is 0 Å². The first-order chi connectivity index (χ1) is 36.6. The molecule has 0 saturated heterocycles. The Morgan fingerprint density at radius 1 is 0.373 bits per heavy atom. The van der Waals surface area contributed by atoms with Gasteiger partial charge in [0, 0.05) is 50.9 Å². The molecule has 3 heterocycles. The minimum Gasteiger partial charge on any atom is -0.334 e. The first-order valence-corrected chi connectivity index (χ1v) is 27.0. The number of benzene rings is 10. The normalized spacial score (nSPS) is 18.0. The SMILES string of the molecule is CC(C)(C)c1ccc2c(c1)C1(C)CCCC1(C)N2c1cc2c3c(c1)N(c1cccc(-c4ccccc4)c1)c1cc(-c4ccccc4)ccc1B3c1ccc(-c3ccccc3)cc1N2c1cccc(-c2ccccc2)c1. The van der Waals surface area contributed by atoms with E-state index < -0.39 is 0 Å². The van der Waals surface area contributed by atoms with Crippen LogP contribution in [-0.4, -0.2) is 12.3 Å². The van der Waals surface area contributed by atoms with Crippen LogP contribution >= 0.6 is 0 Å². The summed E-state index contributed by atoms with van der Waals surface area (Å²) in [5.41, 5.74) is 25.8. The van der Waals surface area contributed by atoms with Gasteiger partial charge in [-0.3, -0.25) is 0 Å². The van der Waals surface area contributed by atoms with Crippen LogP contribution in [0.25, 0.3) is 44.5 Å². The van der Waals surface area contributed by atoms with E-state index in [-0.39, 0.29) is 23.1 Å². The fourth-order valence-electron chi connectivity index (χ4n) is 13.6. The Morgan fingerprint density at radius 2 is 0.813 bits per heavy atom. The monoisotopic (exact) mass is 965 g/mol. The van der Waals surface area contributed by atoms with Gasteiger partial charge in [0.2, 0.25) is 0 Å². The van der Waals surface area contributed by atoms with Crippen LogP contribution in [0.5, 0.6) is 0 Å². The van der Waals surface area contributed by atoms with Gasteiger partial charge < -0.3 is 14.7 Å². The summed E-state index contributed by atoms with van der Waals surface area (Å²) in [5.74, 6) is 0. The molecular formula is C71H60BN3. The molecule has 0 spiro atoms. The molecule has 0 aromatic heterocycles. The van der Waals surface area contributed by atoms with Crippen molar-refractivity contribution in [2.75, 3.05) is 14.7 Å². The van der Waals surface area contributed by atoms with Crippen LogP contribution < -0.4 is 31.1 Å². The standard InChI is InChI=1S/C71H60BN3/c1-69(2,3)56-35-38-63-60(45-56)70(4)39-20-40-71(70,5)75(63)59-46-66-68-67(47-59)74(58-32-19-30-53(42-58)49-23-12-7-13-24-49)65-44-55(51-27-16-9-17-28-51)34-37-62(65)72(68)61-36-33-54(50-25-14-8-15-26-50)43-64(61)73(66)57-31-18-29-52(41-57)48-21-10-6-11-22-48/h6-19,21-38,41-47H,20,39-40H2,1-5H3. The highest BCUT2D eigenvalue weighted by atomic mass is 15.3. The number of anilines is 8. The number of hydrogen-bond donors (Lipinski definition) is 0. The third-order valence-corrected chi connectivity index (χ3v) is 17.7. The predicted molar refractivity (Wildman–Crippen MR) is 319 cm³/mol.